The molecule has 0 heterocycles. The summed E-state index contributed by atoms with van der Waals surface area (Å²) >= 11 is 0. The number of para-hydroxylation sites is 1. The molecule has 0 radical (unpaired) electrons. The van der Waals surface area contributed by atoms with E-state index in [4.69, 9.17) is 4.74 Å². The van der Waals surface area contributed by atoms with E-state index in [9.17, 15) is 9.59 Å². The number of carbonyl (C=O) groups excluding carboxylic acids is 2. The van der Waals surface area contributed by atoms with Crippen molar-refractivity contribution in [1.29, 1.82) is 0 Å². The molecule has 2 rings (SSSR count). The smallest absolute Gasteiger partial charge is 0.338 e. The van der Waals surface area contributed by atoms with Gasteiger partial charge in [-0.25, -0.2) is 4.79 Å². The predicted molar refractivity (Wildman–Crippen MR) is 82.1 cm³/mol. The highest BCUT2D eigenvalue weighted by atomic mass is 16.5. The van der Waals surface area contributed by atoms with Crippen LogP contribution in [0.5, 0.6) is 0 Å². The highest BCUT2D eigenvalue weighted by molar-refractivity contribution is 5.95. The molecule has 0 aliphatic heterocycles. The van der Waals surface area contributed by atoms with Crippen LogP contribution in [-0.2, 0) is 9.53 Å². The minimum absolute atomic E-state index is 0.135. The van der Waals surface area contributed by atoms with Crippen molar-refractivity contribution in [3.05, 3.63) is 54.1 Å². The number of amides is 1. The van der Waals surface area contributed by atoms with Crippen LogP contribution < -0.4 is 5.32 Å². The van der Waals surface area contributed by atoms with Gasteiger partial charge in [0.15, 0.2) is 0 Å². The number of benzene rings is 2. The number of ether oxygens (including phenoxy) is 1. The molecule has 0 aliphatic carbocycles. The van der Waals surface area contributed by atoms with Crippen LogP contribution in [0, 0.1) is 0 Å². The first-order valence-corrected chi connectivity index (χ1v) is 6.76. The number of esters is 1. The standard InChI is InChI=1S/C17H17NO3/c1-3-21-17(20)14-8-6-7-13(11-14)15-9-4-5-10-16(15)18-12(2)19/h4-11H,3H2,1-2H3,(H,18,19). The van der Waals surface area contributed by atoms with Gasteiger partial charge in [0, 0.05) is 18.2 Å². The molecule has 108 valence electrons. The molecular weight excluding hydrogens is 266 g/mol. The van der Waals surface area contributed by atoms with Crippen LogP contribution in [0.3, 0.4) is 0 Å². The van der Waals surface area contributed by atoms with E-state index in [1.54, 1.807) is 25.1 Å². The van der Waals surface area contributed by atoms with Crippen molar-refractivity contribution in [2.24, 2.45) is 0 Å². The number of anilines is 1. The van der Waals surface area contributed by atoms with Crippen LogP contribution in [-0.4, -0.2) is 18.5 Å². The van der Waals surface area contributed by atoms with Gasteiger partial charge < -0.3 is 10.1 Å². The van der Waals surface area contributed by atoms with Gasteiger partial charge in [0.05, 0.1) is 12.2 Å². The third-order valence-electron chi connectivity index (χ3n) is 2.92. The Morgan fingerprint density at radius 1 is 1.10 bits per heavy atom. The molecule has 0 saturated heterocycles. The SMILES string of the molecule is CCOC(=O)c1cccc(-c2ccccc2NC(C)=O)c1. The average Bonchev–Trinajstić information content (AvgIpc) is 2.47. The molecule has 0 saturated carbocycles. The molecule has 0 bridgehead atoms. The topological polar surface area (TPSA) is 55.4 Å². The van der Waals surface area contributed by atoms with Gasteiger partial charge in [-0.05, 0) is 30.7 Å². The minimum atomic E-state index is -0.351. The van der Waals surface area contributed by atoms with Gasteiger partial charge >= 0.3 is 5.97 Å². The highest BCUT2D eigenvalue weighted by Crippen LogP contribution is 2.28. The molecule has 0 unspecified atom stereocenters. The van der Waals surface area contributed by atoms with E-state index in [1.165, 1.54) is 6.92 Å². The van der Waals surface area contributed by atoms with Crippen LogP contribution in [0.2, 0.25) is 0 Å². The second-order valence-electron chi connectivity index (χ2n) is 4.53. The number of hydrogen-bond acceptors (Lipinski definition) is 3. The first-order valence-electron chi connectivity index (χ1n) is 6.76. The third kappa shape index (κ3) is 3.69. The number of rotatable bonds is 4. The molecule has 21 heavy (non-hydrogen) atoms. The zero-order valence-corrected chi connectivity index (χ0v) is 12.1. The highest BCUT2D eigenvalue weighted by Gasteiger charge is 2.10. The molecule has 0 aliphatic rings. The lowest BCUT2D eigenvalue weighted by Crippen LogP contribution is -2.07. The molecular formula is C17H17NO3. The second-order valence-corrected chi connectivity index (χ2v) is 4.53. The Morgan fingerprint density at radius 3 is 2.57 bits per heavy atom. The quantitative estimate of drug-likeness (QED) is 0.874. The van der Waals surface area contributed by atoms with E-state index in [0.717, 1.165) is 11.1 Å². The Balaban J connectivity index is 2.40. The van der Waals surface area contributed by atoms with Crippen LogP contribution in [0.4, 0.5) is 5.69 Å². The van der Waals surface area contributed by atoms with Gasteiger partial charge in [-0.3, -0.25) is 4.79 Å². The minimum Gasteiger partial charge on any atom is -0.462 e. The van der Waals surface area contributed by atoms with Gasteiger partial charge in [-0.1, -0.05) is 30.3 Å². The molecule has 0 aromatic heterocycles. The Morgan fingerprint density at radius 2 is 1.86 bits per heavy atom. The molecule has 0 atom stereocenters. The van der Waals surface area contributed by atoms with Gasteiger partial charge in [-0.15, -0.1) is 0 Å². The van der Waals surface area contributed by atoms with Crippen LogP contribution in [0.1, 0.15) is 24.2 Å². The fraction of sp³-hybridized carbons (Fsp3) is 0.176. The molecule has 1 amide bonds. The normalized spacial score (nSPS) is 10.0. The van der Waals surface area contributed by atoms with Crippen molar-refractivity contribution in [3.63, 3.8) is 0 Å². The van der Waals surface area contributed by atoms with E-state index in [1.807, 2.05) is 30.3 Å². The first-order chi connectivity index (χ1) is 10.1. The molecule has 4 nitrogen and oxygen atoms in total. The number of carbonyl (C=O) groups is 2. The number of nitrogens with one attached hydrogen (secondary N) is 1. The summed E-state index contributed by atoms with van der Waals surface area (Å²) in [5, 5.41) is 2.79. The Hall–Kier alpha value is -2.62. The molecule has 0 spiro atoms. The lowest BCUT2D eigenvalue weighted by atomic mass is 10.0. The summed E-state index contributed by atoms with van der Waals surface area (Å²) < 4.78 is 5.00. The van der Waals surface area contributed by atoms with Crippen LogP contribution in [0.15, 0.2) is 48.5 Å². The number of hydrogen-bond donors (Lipinski definition) is 1. The fourth-order valence-electron chi connectivity index (χ4n) is 2.06. The van der Waals surface area contributed by atoms with E-state index >= 15 is 0 Å². The third-order valence-corrected chi connectivity index (χ3v) is 2.92. The van der Waals surface area contributed by atoms with Crippen molar-refractivity contribution in [3.8, 4) is 11.1 Å². The van der Waals surface area contributed by atoms with Crippen LogP contribution >= 0.6 is 0 Å². The molecule has 2 aromatic carbocycles. The maximum Gasteiger partial charge on any atom is 0.338 e. The van der Waals surface area contributed by atoms with Gasteiger partial charge in [0.2, 0.25) is 5.91 Å². The Bertz CT molecular complexity index is 665. The van der Waals surface area contributed by atoms with Crippen molar-refractivity contribution < 1.29 is 14.3 Å². The summed E-state index contributed by atoms with van der Waals surface area (Å²) in [5.41, 5.74) is 2.92. The van der Waals surface area contributed by atoms with E-state index in [2.05, 4.69) is 5.32 Å². The molecule has 0 fully saturated rings. The predicted octanol–water partition coefficient (Wildman–Crippen LogP) is 3.49. The Kier molecular flexibility index (Phi) is 4.72. The van der Waals surface area contributed by atoms with Crippen molar-refractivity contribution in [2.75, 3.05) is 11.9 Å². The zero-order valence-electron chi connectivity index (χ0n) is 12.1. The average molecular weight is 283 g/mol. The van der Waals surface area contributed by atoms with E-state index in [-0.39, 0.29) is 11.9 Å². The first kappa shape index (κ1) is 14.8. The van der Waals surface area contributed by atoms with Gasteiger partial charge in [0.25, 0.3) is 0 Å². The summed E-state index contributed by atoms with van der Waals surface area (Å²) in [6, 6.07) is 14.6. The van der Waals surface area contributed by atoms with Crippen molar-refractivity contribution in [1.82, 2.24) is 0 Å². The van der Waals surface area contributed by atoms with E-state index in [0.29, 0.717) is 17.9 Å². The Labute approximate surface area is 123 Å². The molecule has 1 N–H and O–H groups in total. The van der Waals surface area contributed by atoms with Gasteiger partial charge in [-0.2, -0.15) is 0 Å². The maximum atomic E-state index is 11.8. The molecule has 2 aromatic rings. The second kappa shape index (κ2) is 6.70. The molecule has 4 heteroatoms. The lowest BCUT2D eigenvalue weighted by molar-refractivity contribution is -0.114. The summed E-state index contributed by atoms with van der Waals surface area (Å²) in [6.07, 6.45) is 0. The largest absolute Gasteiger partial charge is 0.462 e. The summed E-state index contributed by atoms with van der Waals surface area (Å²) in [7, 11) is 0. The van der Waals surface area contributed by atoms with Crippen molar-refractivity contribution in [2.45, 2.75) is 13.8 Å². The summed E-state index contributed by atoms with van der Waals surface area (Å²) in [4.78, 5) is 23.1. The lowest BCUT2D eigenvalue weighted by Gasteiger charge is -2.11. The van der Waals surface area contributed by atoms with Gasteiger partial charge in [0.1, 0.15) is 0 Å². The zero-order chi connectivity index (χ0) is 15.2. The van der Waals surface area contributed by atoms with E-state index < -0.39 is 0 Å². The summed E-state index contributed by atoms with van der Waals surface area (Å²) in [5.74, 6) is -0.486. The summed E-state index contributed by atoms with van der Waals surface area (Å²) in [6.45, 7) is 3.57. The fourth-order valence-corrected chi connectivity index (χ4v) is 2.06. The van der Waals surface area contributed by atoms with Crippen LogP contribution in [0.25, 0.3) is 11.1 Å². The monoisotopic (exact) mass is 283 g/mol. The van der Waals surface area contributed by atoms with Crippen molar-refractivity contribution >= 4 is 17.6 Å². The maximum absolute atomic E-state index is 11.8.